The van der Waals surface area contributed by atoms with Gasteiger partial charge in [0.05, 0.1) is 6.04 Å². The van der Waals surface area contributed by atoms with Gasteiger partial charge in [0.2, 0.25) is 5.91 Å². The maximum Gasteiger partial charge on any atom is 0.418 e. The molecule has 3 fully saturated rings. The SMILES string of the molecule is O=C(NNC(=O)[C@@H]1CCC2CN1C(=O)N2OS(=O)(=O)O)C1CC1. The molecule has 2 aliphatic heterocycles. The molecule has 0 radical (unpaired) electrons. The van der Waals surface area contributed by atoms with Gasteiger partial charge in [-0.05, 0) is 25.7 Å². The molecule has 2 heterocycles. The van der Waals surface area contributed by atoms with E-state index in [-0.39, 0.29) is 24.8 Å². The van der Waals surface area contributed by atoms with Crippen LogP contribution in [0.2, 0.25) is 0 Å². The summed E-state index contributed by atoms with van der Waals surface area (Å²) >= 11 is 0. The van der Waals surface area contributed by atoms with Crippen LogP contribution in [0.5, 0.6) is 0 Å². The van der Waals surface area contributed by atoms with E-state index >= 15 is 0 Å². The number of piperidine rings is 1. The first-order valence-corrected chi connectivity index (χ1v) is 8.49. The number of hydroxylamine groups is 2. The van der Waals surface area contributed by atoms with Crippen LogP contribution < -0.4 is 10.9 Å². The second-order valence-corrected chi connectivity index (χ2v) is 6.77. The van der Waals surface area contributed by atoms with Crippen molar-refractivity contribution in [2.45, 2.75) is 37.8 Å². The topological polar surface area (TPSA) is 145 Å². The first-order chi connectivity index (χ1) is 10.8. The van der Waals surface area contributed by atoms with Crippen LogP contribution in [0.1, 0.15) is 25.7 Å². The number of carbonyl (C=O) groups excluding carboxylic acids is 3. The number of hydrazine groups is 1. The van der Waals surface area contributed by atoms with Gasteiger partial charge in [0.25, 0.3) is 5.91 Å². The van der Waals surface area contributed by atoms with Crippen molar-refractivity contribution in [3.63, 3.8) is 0 Å². The average molecular weight is 348 g/mol. The van der Waals surface area contributed by atoms with Gasteiger partial charge in [-0.2, -0.15) is 13.5 Å². The Kier molecular flexibility index (Phi) is 3.90. The van der Waals surface area contributed by atoms with Crippen molar-refractivity contribution in [3.8, 4) is 0 Å². The van der Waals surface area contributed by atoms with Gasteiger partial charge in [-0.3, -0.25) is 25.0 Å². The minimum atomic E-state index is -4.82. The molecule has 1 aliphatic carbocycles. The normalized spacial score (nSPS) is 27.1. The molecular formula is C11H16N4O7S. The van der Waals surface area contributed by atoms with E-state index in [1.54, 1.807) is 0 Å². The maximum absolute atomic E-state index is 12.1. The average Bonchev–Trinajstić information content (AvgIpc) is 3.29. The van der Waals surface area contributed by atoms with Gasteiger partial charge in [0.1, 0.15) is 6.04 Å². The van der Waals surface area contributed by atoms with Gasteiger partial charge in [-0.25, -0.2) is 4.79 Å². The van der Waals surface area contributed by atoms with Crippen molar-refractivity contribution in [2.24, 2.45) is 5.92 Å². The van der Waals surface area contributed by atoms with Crippen LogP contribution in [0.15, 0.2) is 0 Å². The van der Waals surface area contributed by atoms with Crippen LogP contribution in [-0.4, -0.2) is 59.4 Å². The van der Waals surface area contributed by atoms with E-state index in [0.717, 1.165) is 17.7 Å². The van der Waals surface area contributed by atoms with Gasteiger partial charge >= 0.3 is 16.4 Å². The molecule has 3 aliphatic rings. The molecule has 4 amide bonds. The van der Waals surface area contributed by atoms with Crippen molar-refractivity contribution in [3.05, 3.63) is 0 Å². The number of amides is 4. The minimum absolute atomic E-state index is 0.0712. The quantitative estimate of drug-likeness (QED) is 0.416. The number of nitrogens with zero attached hydrogens (tertiary/aromatic N) is 2. The van der Waals surface area contributed by atoms with Gasteiger partial charge in [0.15, 0.2) is 0 Å². The lowest BCUT2D eigenvalue weighted by Gasteiger charge is -2.29. The molecule has 11 nitrogen and oxygen atoms in total. The Morgan fingerprint density at radius 1 is 1.13 bits per heavy atom. The third kappa shape index (κ3) is 3.38. The number of fused-ring (bicyclic) bond motifs is 2. The molecular weight excluding hydrogens is 332 g/mol. The summed E-state index contributed by atoms with van der Waals surface area (Å²) in [6.07, 6.45) is 2.19. The summed E-state index contributed by atoms with van der Waals surface area (Å²) in [6.45, 7) is 0.100. The van der Waals surface area contributed by atoms with Crippen LogP contribution >= 0.6 is 0 Å². The first-order valence-electron chi connectivity index (χ1n) is 7.13. The number of urea groups is 1. The Morgan fingerprint density at radius 2 is 1.78 bits per heavy atom. The van der Waals surface area contributed by atoms with Crippen molar-refractivity contribution >= 4 is 28.2 Å². The molecule has 2 atom stereocenters. The molecule has 0 aromatic carbocycles. The van der Waals surface area contributed by atoms with Gasteiger partial charge < -0.3 is 4.90 Å². The zero-order valence-corrected chi connectivity index (χ0v) is 12.8. The summed E-state index contributed by atoms with van der Waals surface area (Å²) in [4.78, 5) is 36.9. The summed E-state index contributed by atoms with van der Waals surface area (Å²) in [6, 6.07) is -2.22. The zero-order chi connectivity index (χ0) is 16.8. The summed E-state index contributed by atoms with van der Waals surface area (Å²) in [5.41, 5.74) is 4.59. The molecule has 1 saturated carbocycles. The highest BCUT2D eigenvalue weighted by Gasteiger charge is 2.49. The van der Waals surface area contributed by atoms with Crippen LogP contribution in [-0.2, 0) is 24.3 Å². The molecule has 128 valence electrons. The van der Waals surface area contributed by atoms with Gasteiger partial charge in [-0.15, -0.1) is 4.28 Å². The summed E-state index contributed by atoms with van der Waals surface area (Å²) in [5.74, 6) is -0.895. The van der Waals surface area contributed by atoms with Crippen LogP contribution in [0, 0.1) is 5.92 Å². The highest BCUT2D eigenvalue weighted by Crippen LogP contribution is 2.31. The third-order valence-electron chi connectivity index (χ3n) is 4.06. The van der Waals surface area contributed by atoms with E-state index in [2.05, 4.69) is 15.1 Å². The Morgan fingerprint density at radius 3 is 2.39 bits per heavy atom. The fraction of sp³-hybridized carbons (Fsp3) is 0.727. The molecule has 0 aromatic rings. The Labute approximate surface area is 131 Å². The van der Waals surface area contributed by atoms with Crippen molar-refractivity contribution in [1.29, 1.82) is 0 Å². The second-order valence-electron chi connectivity index (χ2n) is 5.76. The molecule has 0 spiro atoms. The second kappa shape index (κ2) is 5.62. The number of nitrogens with one attached hydrogen (secondary N) is 2. The van der Waals surface area contributed by atoms with E-state index in [0.29, 0.717) is 11.5 Å². The van der Waals surface area contributed by atoms with E-state index in [4.69, 9.17) is 4.55 Å². The lowest BCUT2D eigenvalue weighted by molar-refractivity contribution is -0.132. The van der Waals surface area contributed by atoms with E-state index in [1.165, 1.54) is 0 Å². The zero-order valence-electron chi connectivity index (χ0n) is 12.0. The van der Waals surface area contributed by atoms with Crippen molar-refractivity contribution in [1.82, 2.24) is 20.8 Å². The van der Waals surface area contributed by atoms with E-state index in [9.17, 15) is 22.8 Å². The van der Waals surface area contributed by atoms with E-state index < -0.39 is 34.4 Å². The number of carbonyl (C=O) groups is 3. The lowest BCUT2D eigenvalue weighted by atomic mass is 10.0. The Hall–Kier alpha value is -1.92. The number of hydrogen-bond donors (Lipinski definition) is 3. The van der Waals surface area contributed by atoms with Gasteiger partial charge in [-0.1, -0.05) is 0 Å². The summed E-state index contributed by atoms with van der Waals surface area (Å²) in [7, 11) is -4.82. The highest BCUT2D eigenvalue weighted by molar-refractivity contribution is 7.80. The lowest BCUT2D eigenvalue weighted by Crippen LogP contribution is -2.54. The summed E-state index contributed by atoms with van der Waals surface area (Å²) < 4.78 is 34.5. The number of rotatable bonds is 4. The van der Waals surface area contributed by atoms with Crippen LogP contribution in [0.3, 0.4) is 0 Å². The summed E-state index contributed by atoms with van der Waals surface area (Å²) in [5, 5.41) is 0.561. The molecule has 0 aromatic heterocycles. The fourth-order valence-corrected chi connectivity index (χ4v) is 3.15. The first kappa shape index (κ1) is 16.0. The maximum atomic E-state index is 12.1. The van der Waals surface area contributed by atoms with Gasteiger partial charge in [0, 0.05) is 12.5 Å². The third-order valence-corrected chi connectivity index (χ3v) is 4.41. The molecule has 12 heteroatoms. The predicted molar refractivity (Wildman–Crippen MR) is 72.4 cm³/mol. The monoisotopic (exact) mass is 348 g/mol. The standard InChI is InChI=1S/C11H16N4O7S/c16-9(6-1-2-6)12-13-10(17)8-4-3-7-5-14(8)11(18)15(7)22-23(19,20)21/h6-8H,1-5H2,(H,12,16)(H,13,17)(H,19,20,21)/t7?,8-/m0/s1. The van der Waals surface area contributed by atoms with Crippen LogP contribution in [0.25, 0.3) is 0 Å². The molecule has 23 heavy (non-hydrogen) atoms. The van der Waals surface area contributed by atoms with Crippen molar-refractivity contribution in [2.75, 3.05) is 6.54 Å². The molecule has 3 N–H and O–H groups in total. The fourth-order valence-electron chi connectivity index (χ4n) is 2.76. The van der Waals surface area contributed by atoms with E-state index in [1.807, 2.05) is 0 Å². The van der Waals surface area contributed by atoms with Crippen LogP contribution in [0.4, 0.5) is 4.79 Å². The largest absolute Gasteiger partial charge is 0.418 e. The Bertz CT molecular complexity index is 647. The number of hydrogen-bond acceptors (Lipinski definition) is 6. The highest BCUT2D eigenvalue weighted by atomic mass is 32.3. The Balaban J connectivity index is 1.61. The minimum Gasteiger partial charge on any atom is -0.309 e. The molecule has 3 rings (SSSR count). The predicted octanol–water partition coefficient (Wildman–Crippen LogP) is -1.45. The van der Waals surface area contributed by atoms with Crippen molar-refractivity contribution < 1.29 is 31.6 Å². The smallest absolute Gasteiger partial charge is 0.309 e. The molecule has 2 bridgehead atoms. The molecule has 1 unspecified atom stereocenters. The molecule has 2 saturated heterocycles.